The van der Waals surface area contributed by atoms with Gasteiger partial charge >= 0.3 is 0 Å². The van der Waals surface area contributed by atoms with E-state index >= 15 is 0 Å². The quantitative estimate of drug-likeness (QED) is 0.751. The number of carbonyl (C=O) groups is 2. The van der Waals surface area contributed by atoms with Crippen LogP contribution in [0, 0.1) is 5.92 Å². The number of rotatable bonds is 6. The second-order valence-electron chi connectivity index (χ2n) is 4.98. The van der Waals surface area contributed by atoms with Gasteiger partial charge in [-0.25, -0.2) is 0 Å². The smallest absolute Gasteiger partial charge is 0.243 e. The minimum Gasteiger partial charge on any atom is -0.354 e. The summed E-state index contributed by atoms with van der Waals surface area (Å²) in [6.07, 6.45) is 3.29. The van der Waals surface area contributed by atoms with Crippen molar-refractivity contribution in [3.63, 3.8) is 0 Å². The van der Waals surface area contributed by atoms with Crippen LogP contribution in [0.25, 0.3) is 0 Å². The molecule has 1 atom stereocenters. The fraction of sp³-hybridized carbons (Fsp3) is 0.846. The third-order valence-electron chi connectivity index (χ3n) is 3.04. The first kappa shape index (κ1) is 15.3. The Bertz CT molecular complexity index is 295. The summed E-state index contributed by atoms with van der Waals surface area (Å²) in [5.41, 5.74) is 0. The van der Waals surface area contributed by atoms with Gasteiger partial charge in [0.05, 0.1) is 5.88 Å². The summed E-state index contributed by atoms with van der Waals surface area (Å²) >= 11 is 1.65. The summed E-state index contributed by atoms with van der Waals surface area (Å²) in [4.78, 5) is 25.7. The molecule has 1 aliphatic rings. The van der Waals surface area contributed by atoms with E-state index in [4.69, 9.17) is 0 Å². The van der Waals surface area contributed by atoms with E-state index in [9.17, 15) is 9.59 Å². The van der Waals surface area contributed by atoms with Gasteiger partial charge in [-0.15, -0.1) is 11.8 Å². The Labute approximate surface area is 114 Å². The number of hydrogen-bond acceptors (Lipinski definition) is 3. The van der Waals surface area contributed by atoms with Gasteiger partial charge in [-0.1, -0.05) is 33.6 Å². The maximum atomic E-state index is 12.0. The van der Waals surface area contributed by atoms with Crippen LogP contribution in [0.1, 0.15) is 40.0 Å². The van der Waals surface area contributed by atoms with Crippen molar-refractivity contribution in [1.29, 1.82) is 0 Å². The lowest BCUT2D eigenvalue weighted by Crippen LogP contribution is -2.48. The normalized spacial score (nSPS) is 19.3. The average Bonchev–Trinajstić information content (AvgIpc) is 2.82. The molecule has 0 aromatic carbocycles. The van der Waals surface area contributed by atoms with E-state index in [0.29, 0.717) is 5.88 Å². The van der Waals surface area contributed by atoms with Crippen LogP contribution < -0.4 is 5.32 Å². The highest BCUT2D eigenvalue weighted by atomic mass is 32.2. The fourth-order valence-corrected chi connectivity index (χ4v) is 3.08. The van der Waals surface area contributed by atoms with Crippen LogP contribution >= 0.6 is 11.8 Å². The van der Waals surface area contributed by atoms with Crippen LogP contribution in [0.5, 0.6) is 0 Å². The highest BCUT2D eigenvalue weighted by molar-refractivity contribution is 7.99. The number of amides is 2. The summed E-state index contributed by atoms with van der Waals surface area (Å²) in [6, 6.07) is -0.272. The van der Waals surface area contributed by atoms with Gasteiger partial charge in [-0.05, 0) is 6.42 Å². The van der Waals surface area contributed by atoms with E-state index in [-0.39, 0.29) is 23.8 Å². The van der Waals surface area contributed by atoms with E-state index in [1.165, 1.54) is 0 Å². The third kappa shape index (κ3) is 4.19. The first-order chi connectivity index (χ1) is 8.57. The molecule has 0 radical (unpaired) electrons. The van der Waals surface area contributed by atoms with Gasteiger partial charge in [0.2, 0.25) is 11.8 Å². The molecule has 18 heavy (non-hydrogen) atoms. The van der Waals surface area contributed by atoms with E-state index < -0.39 is 0 Å². The number of nitrogens with zero attached hydrogens (tertiary/aromatic N) is 1. The molecule has 2 amide bonds. The van der Waals surface area contributed by atoms with Gasteiger partial charge in [0.15, 0.2) is 0 Å². The maximum absolute atomic E-state index is 12.0. The van der Waals surface area contributed by atoms with Crippen molar-refractivity contribution in [3.05, 3.63) is 0 Å². The molecule has 5 heteroatoms. The summed E-state index contributed by atoms with van der Waals surface area (Å²) in [7, 11) is 0. The van der Waals surface area contributed by atoms with Gasteiger partial charge < -0.3 is 10.2 Å². The predicted molar refractivity (Wildman–Crippen MR) is 75.3 cm³/mol. The van der Waals surface area contributed by atoms with Crippen molar-refractivity contribution >= 4 is 23.6 Å². The Kier molecular flexibility index (Phi) is 6.54. The third-order valence-corrected chi connectivity index (χ3v) is 4.05. The van der Waals surface area contributed by atoms with Crippen LogP contribution in [0.4, 0.5) is 0 Å². The van der Waals surface area contributed by atoms with Crippen molar-refractivity contribution in [3.8, 4) is 0 Å². The molecule has 0 aliphatic carbocycles. The van der Waals surface area contributed by atoms with Crippen LogP contribution in [-0.2, 0) is 9.59 Å². The molecule has 0 aromatic rings. The molecule has 104 valence electrons. The Morgan fingerprint density at radius 2 is 2.11 bits per heavy atom. The maximum Gasteiger partial charge on any atom is 0.243 e. The molecule has 0 bridgehead atoms. The van der Waals surface area contributed by atoms with Gasteiger partial charge in [0, 0.05) is 18.2 Å². The van der Waals surface area contributed by atoms with E-state index in [1.807, 2.05) is 13.8 Å². The molecule has 0 aromatic heterocycles. The zero-order valence-electron chi connectivity index (χ0n) is 11.6. The zero-order valence-corrected chi connectivity index (χ0v) is 12.4. The lowest BCUT2D eigenvalue weighted by atomic mass is 10.1. The van der Waals surface area contributed by atoms with Crippen molar-refractivity contribution in [2.75, 3.05) is 18.2 Å². The van der Waals surface area contributed by atoms with Crippen molar-refractivity contribution in [2.24, 2.45) is 5.92 Å². The molecule has 1 fully saturated rings. The predicted octanol–water partition coefficient (Wildman–Crippen LogP) is 1.85. The van der Waals surface area contributed by atoms with Gasteiger partial charge in [-0.3, -0.25) is 9.59 Å². The minimum absolute atomic E-state index is 0.00473. The zero-order chi connectivity index (χ0) is 13.5. The summed E-state index contributed by atoms with van der Waals surface area (Å²) in [5, 5.41) is 2.94. The van der Waals surface area contributed by atoms with Gasteiger partial charge in [-0.2, -0.15) is 0 Å². The first-order valence-corrected chi connectivity index (χ1v) is 7.89. The Hall–Kier alpha value is -0.710. The molecule has 1 saturated heterocycles. The Morgan fingerprint density at radius 1 is 1.39 bits per heavy atom. The van der Waals surface area contributed by atoms with Crippen LogP contribution in [0.2, 0.25) is 0 Å². The topological polar surface area (TPSA) is 49.4 Å². The molecule has 0 spiro atoms. The number of carbonyl (C=O) groups excluding carboxylic acids is 2. The van der Waals surface area contributed by atoms with Gasteiger partial charge in [0.25, 0.3) is 0 Å². The standard InChI is InChI=1S/C13H24N2O2S/c1-4-5-6-7-14-12(16)11-8-18-9-15(11)13(17)10(2)3/h10-11H,4-9H2,1-3H3,(H,14,16). The molecule has 1 rings (SSSR count). The summed E-state index contributed by atoms with van der Waals surface area (Å²) in [5.74, 6) is 1.40. The SMILES string of the molecule is CCCCCNC(=O)C1CSCN1C(=O)C(C)C. The van der Waals surface area contributed by atoms with E-state index in [0.717, 1.165) is 31.6 Å². The van der Waals surface area contributed by atoms with Crippen molar-refractivity contribution in [2.45, 2.75) is 46.1 Å². The highest BCUT2D eigenvalue weighted by Crippen LogP contribution is 2.22. The van der Waals surface area contributed by atoms with Crippen LogP contribution in [0.3, 0.4) is 0 Å². The molecule has 4 nitrogen and oxygen atoms in total. The van der Waals surface area contributed by atoms with Crippen LogP contribution in [0.15, 0.2) is 0 Å². The van der Waals surface area contributed by atoms with E-state index in [1.54, 1.807) is 16.7 Å². The number of hydrogen-bond donors (Lipinski definition) is 1. The molecule has 1 N–H and O–H groups in total. The summed E-state index contributed by atoms with van der Waals surface area (Å²) < 4.78 is 0. The monoisotopic (exact) mass is 272 g/mol. The Balaban J connectivity index is 2.43. The second kappa shape index (κ2) is 7.67. The first-order valence-electron chi connectivity index (χ1n) is 6.73. The second-order valence-corrected chi connectivity index (χ2v) is 5.98. The minimum atomic E-state index is -0.272. The lowest BCUT2D eigenvalue weighted by Gasteiger charge is -2.24. The Morgan fingerprint density at radius 3 is 2.72 bits per heavy atom. The number of thioether (sulfide) groups is 1. The molecule has 1 aliphatic heterocycles. The molecule has 1 unspecified atom stereocenters. The molecule has 1 heterocycles. The molecular weight excluding hydrogens is 248 g/mol. The summed E-state index contributed by atoms with van der Waals surface area (Å²) in [6.45, 7) is 6.61. The number of nitrogens with one attached hydrogen (secondary N) is 1. The highest BCUT2D eigenvalue weighted by Gasteiger charge is 2.35. The largest absolute Gasteiger partial charge is 0.354 e. The van der Waals surface area contributed by atoms with Crippen molar-refractivity contribution < 1.29 is 9.59 Å². The average molecular weight is 272 g/mol. The lowest BCUT2D eigenvalue weighted by molar-refractivity contribution is -0.140. The molecule has 0 saturated carbocycles. The number of unbranched alkanes of at least 4 members (excludes halogenated alkanes) is 2. The molecular formula is C13H24N2O2S. The van der Waals surface area contributed by atoms with Crippen LogP contribution in [-0.4, -0.2) is 40.9 Å². The van der Waals surface area contributed by atoms with Gasteiger partial charge in [0.1, 0.15) is 6.04 Å². The van der Waals surface area contributed by atoms with E-state index in [2.05, 4.69) is 12.2 Å². The van der Waals surface area contributed by atoms with Crippen molar-refractivity contribution in [1.82, 2.24) is 10.2 Å². The fourth-order valence-electron chi connectivity index (χ4n) is 1.91.